The molecule has 1 aliphatic carbocycles. The van der Waals surface area contributed by atoms with Crippen molar-refractivity contribution >= 4 is 6.41 Å². The first kappa shape index (κ1) is 27.5. The number of rotatable bonds is 8. The third-order valence-electron chi connectivity index (χ3n) is 6.59. The average Bonchev–Trinajstić information content (AvgIpc) is 2.79. The molecule has 2 heterocycles. The zero-order chi connectivity index (χ0) is 25.2. The van der Waals surface area contributed by atoms with E-state index in [-0.39, 0.29) is 19.4 Å². The molecule has 1 saturated carbocycles. The third kappa shape index (κ3) is 5.84. The van der Waals surface area contributed by atoms with Gasteiger partial charge in [-0.25, -0.2) is 0 Å². The number of aliphatic hydroxyl groups is 5. The third-order valence-corrected chi connectivity index (χ3v) is 6.59. The maximum absolute atomic E-state index is 11.0. The van der Waals surface area contributed by atoms with Crippen molar-refractivity contribution in [3.63, 3.8) is 0 Å². The summed E-state index contributed by atoms with van der Waals surface area (Å²) < 4.78 is 22.8. The van der Waals surface area contributed by atoms with Crippen LogP contribution in [0.4, 0.5) is 0 Å². The summed E-state index contributed by atoms with van der Waals surface area (Å²) in [6.45, 7) is -0.539. The highest BCUT2D eigenvalue weighted by molar-refractivity contribution is 5.45. The van der Waals surface area contributed by atoms with Crippen molar-refractivity contribution in [1.82, 2.24) is 5.32 Å². The van der Waals surface area contributed by atoms with Crippen LogP contribution in [-0.2, 0) is 23.7 Å². The number of nitrogens with one attached hydrogen (secondary N) is 1. The molecular weight excluding hydrogens is 458 g/mol. The number of amides is 1. The van der Waals surface area contributed by atoms with Crippen LogP contribution in [0.3, 0.4) is 0 Å². The largest absolute Gasteiger partial charge is 0.394 e. The van der Waals surface area contributed by atoms with Gasteiger partial charge in [-0.2, -0.15) is 0 Å². The van der Waals surface area contributed by atoms with Crippen LogP contribution in [0.1, 0.15) is 12.8 Å². The SMILES string of the molecule is N[C@@H]1[C@@H](O)[C@@H](O[C@@H]2[C@@H](O)[C@H](O[C@H]3O[C@H](CNC=O)[C@@H](O)C[C@H]3N)[C@@H](N)C[C@H]2N)O[C@H](CO)[C@H]1O. The van der Waals surface area contributed by atoms with Crippen molar-refractivity contribution in [2.24, 2.45) is 22.9 Å². The number of ether oxygens (including phenoxy) is 4. The summed E-state index contributed by atoms with van der Waals surface area (Å²) in [5, 5.41) is 53.4. The molecular formula is C19H37N5O10. The number of carbonyl (C=O) groups is 1. The topological polar surface area (TPSA) is 271 Å². The molecule has 0 aromatic rings. The van der Waals surface area contributed by atoms with Crippen LogP contribution >= 0.6 is 0 Å². The van der Waals surface area contributed by atoms with Crippen molar-refractivity contribution in [3.8, 4) is 0 Å². The van der Waals surface area contributed by atoms with Crippen molar-refractivity contribution in [2.45, 2.75) is 98.4 Å². The van der Waals surface area contributed by atoms with E-state index in [4.69, 9.17) is 41.9 Å². The molecule has 1 amide bonds. The number of hydrogen-bond donors (Lipinski definition) is 10. The molecule has 0 spiro atoms. The Morgan fingerprint density at radius 1 is 0.824 bits per heavy atom. The van der Waals surface area contributed by atoms with Crippen molar-refractivity contribution in [1.29, 1.82) is 0 Å². The Hall–Kier alpha value is -1.05. The Balaban J connectivity index is 1.69. The molecule has 15 heteroatoms. The highest BCUT2D eigenvalue weighted by atomic mass is 16.7. The minimum absolute atomic E-state index is 0.0299. The highest BCUT2D eigenvalue weighted by Crippen LogP contribution is 2.30. The zero-order valence-electron chi connectivity index (χ0n) is 18.6. The molecule has 2 saturated heterocycles. The average molecular weight is 496 g/mol. The van der Waals surface area contributed by atoms with E-state index in [9.17, 15) is 30.3 Å². The van der Waals surface area contributed by atoms with Gasteiger partial charge in [0.1, 0.15) is 42.7 Å². The van der Waals surface area contributed by atoms with Gasteiger partial charge >= 0.3 is 0 Å². The van der Waals surface area contributed by atoms with Crippen LogP contribution in [0.15, 0.2) is 0 Å². The van der Waals surface area contributed by atoms with Crippen LogP contribution in [0, 0.1) is 0 Å². The van der Waals surface area contributed by atoms with E-state index < -0.39 is 92.2 Å². The Morgan fingerprint density at radius 3 is 2.00 bits per heavy atom. The number of nitrogens with two attached hydrogens (primary N) is 4. The second kappa shape index (κ2) is 11.8. The molecule has 0 aromatic carbocycles. The molecule has 14 atom stereocenters. The molecule has 198 valence electrons. The fourth-order valence-electron chi connectivity index (χ4n) is 4.56. The lowest BCUT2D eigenvalue weighted by molar-refractivity contribution is -0.315. The molecule has 0 radical (unpaired) electrons. The van der Waals surface area contributed by atoms with Crippen LogP contribution in [0.2, 0.25) is 0 Å². The smallest absolute Gasteiger partial charge is 0.207 e. The maximum Gasteiger partial charge on any atom is 0.207 e. The Kier molecular flexibility index (Phi) is 9.55. The van der Waals surface area contributed by atoms with Gasteiger partial charge in [0, 0.05) is 18.6 Å². The maximum atomic E-state index is 11.0. The van der Waals surface area contributed by atoms with Crippen LogP contribution in [0.5, 0.6) is 0 Å². The van der Waals surface area contributed by atoms with Crippen molar-refractivity contribution in [3.05, 3.63) is 0 Å². The highest BCUT2D eigenvalue weighted by Gasteiger charge is 2.50. The summed E-state index contributed by atoms with van der Waals surface area (Å²) in [5.41, 5.74) is 24.2. The van der Waals surface area contributed by atoms with Gasteiger partial charge in [0.05, 0.1) is 24.8 Å². The summed E-state index contributed by atoms with van der Waals surface area (Å²) in [7, 11) is 0. The van der Waals surface area contributed by atoms with E-state index in [1.54, 1.807) is 0 Å². The molecule has 3 fully saturated rings. The Morgan fingerprint density at radius 2 is 1.41 bits per heavy atom. The predicted molar refractivity (Wildman–Crippen MR) is 113 cm³/mol. The van der Waals surface area contributed by atoms with Gasteiger partial charge in [-0.3, -0.25) is 4.79 Å². The zero-order valence-corrected chi connectivity index (χ0v) is 18.6. The summed E-state index contributed by atoms with van der Waals surface area (Å²) in [6, 6.07) is -3.42. The van der Waals surface area contributed by atoms with Gasteiger partial charge in [-0.05, 0) is 12.8 Å². The summed E-state index contributed by atoms with van der Waals surface area (Å²) >= 11 is 0. The lowest BCUT2D eigenvalue weighted by Gasteiger charge is -2.47. The van der Waals surface area contributed by atoms with E-state index in [0.717, 1.165) is 0 Å². The molecule has 2 aliphatic heterocycles. The summed E-state index contributed by atoms with van der Waals surface area (Å²) in [6.07, 6.45) is -10.9. The van der Waals surface area contributed by atoms with E-state index in [1.807, 2.05) is 0 Å². The van der Waals surface area contributed by atoms with Gasteiger partial charge in [0.25, 0.3) is 0 Å². The van der Waals surface area contributed by atoms with Crippen LogP contribution in [0.25, 0.3) is 0 Å². The van der Waals surface area contributed by atoms with Crippen molar-refractivity contribution in [2.75, 3.05) is 13.2 Å². The first-order valence-electron chi connectivity index (χ1n) is 11.2. The Labute approximate surface area is 196 Å². The van der Waals surface area contributed by atoms with Gasteiger partial charge in [-0.15, -0.1) is 0 Å². The lowest BCUT2D eigenvalue weighted by atomic mass is 9.84. The quantitative estimate of drug-likeness (QED) is 0.140. The summed E-state index contributed by atoms with van der Waals surface area (Å²) in [5.74, 6) is 0. The number of carbonyl (C=O) groups excluding carboxylic acids is 1. The minimum Gasteiger partial charge on any atom is -0.394 e. The molecule has 14 N–H and O–H groups in total. The molecule has 3 aliphatic rings. The predicted octanol–water partition coefficient (Wildman–Crippen LogP) is -6.51. The normalized spacial score (nSPS) is 50.0. The van der Waals surface area contributed by atoms with E-state index in [0.29, 0.717) is 6.41 Å². The van der Waals surface area contributed by atoms with E-state index in [1.165, 1.54) is 0 Å². The fraction of sp³-hybridized carbons (Fsp3) is 0.947. The number of hydrogen-bond acceptors (Lipinski definition) is 14. The first-order chi connectivity index (χ1) is 16.1. The van der Waals surface area contributed by atoms with Gasteiger partial charge < -0.3 is 72.7 Å². The first-order valence-corrected chi connectivity index (χ1v) is 11.2. The lowest BCUT2D eigenvalue weighted by Crippen LogP contribution is -2.68. The second-order valence-electron chi connectivity index (χ2n) is 9.08. The Bertz CT molecular complexity index is 665. The summed E-state index contributed by atoms with van der Waals surface area (Å²) in [4.78, 5) is 10.6. The fourth-order valence-corrected chi connectivity index (χ4v) is 4.56. The van der Waals surface area contributed by atoms with Gasteiger partial charge in [0.2, 0.25) is 6.41 Å². The number of aliphatic hydroxyl groups excluding tert-OH is 5. The van der Waals surface area contributed by atoms with Gasteiger partial charge in [0.15, 0.2) is 12.6 Å². The molecule has 0 bridgehead atoms. The van der Waals surface area contributed by atoms with E-state index >= 15 is 0 Å². The minimum atomic E-state index is -1.46. The molecule has 15 nitrogen and oxygen atoms in total. The standard InChI is InChI=1S/C19H37N5O10/c20-6-1-7(21)17(34-19-14(29)12(23)13(28)11(4-25)32-19)15(30)16(6)33-18-8(22)2-9(27)10(31-18)3-24-5-26/h5-19,25,27-30H,1-4,20-23H2,(H,24,26)/t6-,7+,8+,9-,10+,11+,12-,13+,14+,15-,16+,17-,18+,19+/m0/s1. The van der Waals surface area contributed by atoms with Crippen LogP contribution < -0.4 is 28.3 Å². The monoisotopic (exact) mass is 495 g/mol. The van der Waals surface area contributed by atoms with Gasteiger partial charge in [-0.1, -0.05) is 0 Å². The van der Waals surface area contributed by atoms with Crippen molar-refractivity contribution < 1.29 is 49.3 Å². The molecule has 3 rings (SSSR count). The van der Waals surface area contributed by atoms with Crippen LogP contribution in [-0.4, -0.2) is 131 Å². The molecule has 0 unspecified atom stereocenters. The molecule has 34 heavy (non-hydrogen) atoms. The molecule has 0 aromatic heterocycles. The second-order valence-corrected chi connectivity index (χ2v) is 9.08. The van der Waals surface area contributed by atoms with E-state index in [2.05, 4.69) is 5.32 Å².